The van der Waals surface area contributed by atoms with Crippen LogP contribution in [0.4, 0.5) is 0 Å². The maximum atomic E-state index is 5.65. The Kier molecular flexibility index (Phi) is 12.7. The van der Waals surface area contributed by atoms with Gasteiger partial charge in [0.15, 0.2) is 0 Å². The lowest BCUT2D eigenvalue weighted by Crippen LogP contribution is -2.46. The Morgan fingerprint density at radius 2 is 1.33 bits per heavy atom. The number of hydrogen-bond acceptors (Lipinski definition) is 4. The van der Waals surface area contributed by atoms with Crippen LogP contribution in [0.15, 0.2) is 0 Å². The fraction of sp³-hybridized carbons (Fsp3) is 1.00. The molecule has 0 heterocycles. The Morgan fingerprint density at radius 3 is 1.60 bits per heavy atom. The van der Waals surface area contributed by atoms with E-state index in [0.29, 0.717) is 26.4 Å². The highest BCUT2D eigenvalue weighted by atomic mass is 28.4. The molecule has 0 aromatic heterocycles. The summed E-state index contributed by atoms with van der Waals surface area (Å²) >= 11 is 0. The van der Waals surface area contributed by atoms with E-state index in [-0.39, 0.29) is 11.0 Å². The molecule has 0 amide bonds. The Morgan fingerprint density at radius 1 is 0.933 bits per heavy atom. The van der Waals surface area contributed by atoms with Gasteiger partial charge in [0, 0.05) is 36.8 Å². The molecule has 0 aromatic carbocycles. The molecule has 4 radical (unpaired) electrons. The number of nitrogens with two attached hydrogens (primary N) is 1. The molecule has 4 nitrogen and oxygen atoms in total. The second kappa shape index (κ2) is 10.8. The van der Waals surface area contributed by atoms with Crippen molar-refractivity contribution in [3.63, 3.8) is 0 Å². The molecular weight excluding hydrogens is 226 g/mol. The molecule has 15 heavy (non-hydrogen) atoms. The minimum atomic E-state index is -2.40. The summed E-state index contributed by atoms with van der Waals surface area (Å²) in [6.45, 7) is 8.44. The summed E-state index contributed by atoms with van der Waals surface area (Å²) in [4.78, 5) is 0. The Balaban J connectivity index is 0. The molecule has 0 rings (SSSR count). The standard InChI is InChI=1S/C9H23NO3Si.Si/c1-4-11-14(12-5-2,13-6-3)9-7-8-10;/h4-10H2,1-3H3;. The molecule has 0 spiro atoms. The van der Waals surface area contributed by atoms with Crippen molar-refractivity contribution in [2.45, 2.75) is 33.2 Å². The van der Waals surface area contributed by atoms with E-state index in [1.54, 1.807) is 0 Å². The van der Waals surface area contributed by atoms with Gasteiger partial charge in [0.2, 0.25) is 0 Å². The zero-order chi connectivity index (χ0) is 10.9. The molecule has 0 atom stereocenters. The zero-order valence-electron chi connectivity index (χ0n) is 10.0. The molecule has 2 N–H and O–H groups in total. The van der Waals surface area contributed by atoms with Gasteiger partial charge in [-0.2, -0.15) is 0 Å². The topological polar surface area (TPSA) is 53.7 Å². The maximum absolute atomic E-state index is 5.65. The van der Waals surface area contributed by atoms with Crippen LogP contribution in [0.1, 0.15) is 27.2 Å². The van der Waals surface area contributed by atoms with Crippen molar-refractivity contribution in [3.8, 4) is 0 Å². The summed E-state index contributed by atoms with van der Waals surface area (Å²) in [5.74, 6) is 0. The molecule has 0 bridgehead atoms. The maximum Gasteiger partial charge on any atom is 0.500 e. The first-order chi connectivity index (χ1) is 6.74. The quantitative estimate of drug-likeness (QED) is 0.620. The highest BCUT2D eigenvalue weighted by molar-refractivity contribution is 6.60. The van der Waals surface area contributed by atoms with Crippen molar-refractivity contribution < 1.29 is 13.3 Å². The van der Waals surface area contributed by atoms with E-state index in [0.717, 1.165) is 12.5 Å². The first-order valence-electron chi connectivity index (χ1n) is 5.36. The monoisotopic (exact) mass is 249 g/mol. The number of rotatable bonds is 9. The molecule has 0 saturated carbocycles. The Labute approximate surface area is 98.9 Å². The SMILES string of the molecule is CCO[Si](CCCN)(OCC)OCC.[Si]. The summed E-state index contributed by atoms with van der Waals surface area (Å²) in [6, 6.07) is 0.818. The summed E-state index contributed by atoms with van der Waals surface area (Å²) in [5.41, 5.74) is 5.48. The van der Waals surface area contributed by atoms with E-state index in [4.69, 9.17) is 19.0 Å². The van der Waals surface area contributed by atoms with Crippen molar-refractivity contribution in [2.24, 2.45) is 5.73 Å². The fourth-order valence-electron chi connectivity index (χ4n) is 1.32. The predicted octanol–water partition coefficient (Wildman–Crippen LogP) is 1.00. The lowest BCUT2D eigenvalue weighted by Gasteiger charge is -2.28. The van der Waals surface area contributed by atoms with Crippen LogP contribution in [0.5, 0.6) is 0 Å². The minimum Gasteiger partial charge on any atom is -0.374 e. The van der Waals surface area contributed by atoms with E-state index in [2.05, 4.69) is 0 Å². The molecule has 0 aromatic rings. The van der Waals surface area contributed by atoms with Crippen LogP contribution in [0, 0.1) is 0 Å². The summed E-state index contributed by atoms with van der Waals surface area (Å²) < 4.78 is 17.0. The van der Waals surface area contributed by atoms with Crippen LogP contribution in [0.25, 0.3) is 0 Å². The van der Waals surface area contributed by atoms with E-state index in [1.807, 2.05) is 20.8 Å². The third-order valence-corrected chi connectivity index (χ3v) is 4.93. The summed E-state index contributed by atoms with van der Waals surface area (Å²) in [6.07, 6.45) is 0.895. The van der Waals surface area contributed by atoms with Gasteiger partial charge in [0.25, 0.3) is 0 Å². The molecule has 0 saturated heterocycles. The van der Waals surface area contributed by atoms with Crippen molar-refractivity contribution in [3.05, 3.63) is 0 Å². The fourth-order valence-corrected chi connectivity index (χ4v) is 3.96. The molecule has 0 aliphatic heterocycles. The second-order valence-corrected chi connectivity index (χ2v) is 5.61. The van der Waals surface area contributed by atoms with Crippen LogP contribution < -0.4 is 5.73 Å². The third kappa shape index (κ3) is 7.21. The lowest BCUT2D eigenvalue weighted by atomic mass is 10.5. The second-order valence-electron chi connectivity index (χ2n) is 2.87. The molecule has 0 aliphatic rings. The van der Waals surface area contributed by atoms with Gasteiger partial charge in [0.1, 0.15) is 0 Å². The van der Waals surface area contributed by atoms with E-state index < -0.39 is 8.80 Å². The third-order valence-electron chi connectivity index (χ3n) is 1.78. The molecule has 0 aliphatic carbocycles. The van der Waals surface area contributed by atoms with Gasteiger partial charge >= 0.3 is 8.80 Å². The molecule has 90 valence electrons. The average Bonchev–Trinajstić information content (AvgIpc) is 2.16. The van der Waals surface area contributed by atoms with Crippen molar-refractivity contribution in [1.29, 1.82) is 0 Å². The van der Waals surface area contributed by atoms with Crippen LogP contribution in [0.3, 0.4) is 0 Å². The van der Waals surface area contributed by atoms with Gasteiger partial charge in [-0.3, -0.25) is 0 Å². The van der Waals surface area contributed by atoms with Crippen molar-refractivity contribution in [2.75, 3.05) is 26.4 Å². The highest BCUT2D eigenvalue weighted by Crippen LogP contribution is 2.17. The highest BCUT2D eigenvalue weighted by Gasteiger charge is 2.39. The van der Waals surface area contributed by atoms with Crippen molar-refractivity contribution in [1.82, 2.24) is 0 Å². The van der Waals surface area contributed by atoms with Gasteiger partial charge in [-0.05, 0) is 33.7 Å². The van der Waals surface area contributed by atoms with Crippen LogP contribution >= 0.6 is 0 Å². The molecular formula is C9H23NO3Si2. The number of hydrogen-bond donors (Lipinski definition) is 1. The van der Waals surface area contributed by atoms with E-state index >= 15 is 0 Å². The summed E-state index contributed by atoms with van der Waals surface area (Å²) in [5, 5.41) is 0. The Bertz CT molecular complexity index is 122. The average molecular weight is 249 g/mol. The van der Waals surface area contributed by atoms with Gasteiger partial charge in [-0.15, -0.1) is 0 Å². The van der Waals surface area contributed by atoms with Gasteiger partial charge in [-0.1, -0.05) is 0 Å². The normalized spacial score (nSPS) is 11.2. The Hall–Kier alpha value is 0.274. The van der Waals surface area contributed by atoms with Crippen LogP contribution in [-0.4, -0.2) is 46.1 Å². The minimum absolute atomic E-state index is 0. The lowest BCUT2D eigenvalue weighted by molar-refractivity contribution is 0.0710. The smallest absolute Gasteiger partial charge is 0.374 e. The zero-order valence-corrected chi connectivity index (χ0v) is 12.0. The van der Waals surface area contributed by atoms with Crippen molar-refractivity contribution >= 4 is 19.8 Å². The van der Waals surface area contributed by atoms with Gasteiger partial charge in [0.05, 0.1) is 0 Å². The van der Waals surface area contributed by atoms with E-state index in [1.165, 1.54) is 0 Å². The molecule has 0 fully saturated rings. The van der Waals surface area contributed by atoms with Gasteiger partial charge in [-0.25, -0.2) is 0 Å². The first-order valence-corrected chi connectivity index (χ1v) is 7.29. The largest absolute Gasteiger partial charge is 0.500 e. The molecule has 6 heteroatoms. The van der Waals surface area contributed by atoms with Gasteiger partial charge < -0.3 is 19.0 Å². The summed E-state index contributed by atoms with van der Waals surface area (Å²) in [7, 11) is -2.40. The van der Waals surface area contributed by atoms with Crippen LogP contribution in [-0.2, 0) is 13.3 Å². The van der Waals surface area contributed by atoms with Crippen LogP contribution in [0.2, 0.25) is 6.04 Å². The predicted molar refractivity (Wildman–Crippen MR) is 64.9 cm³/mol. The first kappa shape index (κ1) is 17.7. The molecule has 0 unspecified atom stereocenters. The van der Waals surface area contributed by atoms with E-state index in [9.17, 15) is 0 Å².